The number of rotatable bonds is 8. The first kappa shape index (κ1) is 15.8. The summed E-state index contributed by atoms with van der Waals surface area (Å²) in [4.78, 5) is 24.5. The van der Waals surface area contributed by atoms with Gasteiger partial charge in [0.15, 0.2) is 0 Å². The van der Waals surface area contributed by atoms with Gasteiger partial charge < -0.3 is 14.7 Å². The van der Waals surface area contributed by atoms with Crippen LogP contribution in [0.2, 0.25) is 0 Å². The fraction of sp³-hybridized carbons (Fsp3) is 0.467. The second-order valence-corrected chi connectivity index (χ2v) is 5.93. The van der Waals surface area contributed by atoms with E-state index in [1.54, 1.807) is 4.90 Å². The topological polar surface area (TPSA) is 66.8 Å². The predicted molar refractivity (Wildman–Crippen MR) is 81.2 cm³/mol. The van der Waals surface area contributed by atoms with Crippen molar-refractivity contribution in [1.82, 2.24) is 4.90 Å². The molecule has 0 radical (unpaired) electrons. The van der Waals surface area contributed by atoms with Gasteiger partial charge in [-0.05, 0) is 31.0 Å². The van der Waals surface area contributed by atoms with Gasteiger partial charge in [0.2, 0.25) is 5.91 Å². The molecule has 114 valence electrons. The minimum atomic E-state index is -0.876. The second kappa shape index (κ2) is 7.45. The van der Waals surface area contributed by atoms with Gasteiger partial charge in [-0.3, -0.25) is 9.59 Å². The average molecular weight is 356 g/mol. The normalized spacial score (nSPS) is 13.8. The van der Waals surface area contributed by atoms with E-state index in [1.165, 1.54) is 0 Å². The lowest BCUT2D eigenvalue weighted by Crippen LogP contribution is -2.35. The highest BCUT2D eigenvalue weighted by molar-refractivity contribution is 9.10. The molecule has 1 N–H and O–H groups in total. The van der Waals surface area contributed by atoms with E-state index in [0.717, 1.165) is 17.3 Å². The lowest BCUT2D eigenvalue weighted by molar-refractivity contribution is -0.138. The van der Waals surface area contributed by atoms with Crippen LogP contribution in [0.1, 0.15) is 25.7 Å². The summed E-state index contributed by atoms with van der Waals surface area (Å²) in [5, 5.41) is 8.73. The Hall–Kier alpha value is -1.56. The molecule has 21 heavy (non-hydrogen) atoms. The minimum absolute atomic E-state index is 0.00523. The highest BCUT2D eigenvalue weighted by atomic mass is 79.9. The van der Waals surface area contributed by atoms with Gasteiger partial charge in [-0.25, -0.2) is 0 Å². The summed E-state index contributed by atoms with van der Waals surface area (Å²) in [6, 6.07) is 7.66. The Bertz CT molecular complexity index is 516. The van der Waals surface area contributed by atoms with E-state index in [4.69, 9.17) is 9.84 Å². The summed E-state index contributed by atoms with van der Waals surface area (Å²) in [5.74, 6) is -0.201. The Morgan fingerprint density at radius 3 is 2.71 bits per heavy atom. The van der Waals surface area contributed by atoms with Gasteiger partial charge in [-0.1, -0.05) is 22.0 Å². The number of benzene rings is 1. The molecule has 2 rings (SSSR count). The van der Waals surface area contributed by atoms with Gasteiger partial charge in [0.1, 0.15) is 5.75 Å². The van der Waals surface area contributed by atoms with E-state index in [1.807, 2.05) is 24.3 Å². The Morgan fingerprint density at radius 1 is 1.33 bits per heavy atom. The van der Waals surface area contributed by atoms with Crippen molar-refractivity contribution >= 4 is 27.8 Å². The van der Waals surface area contributed by atoms with Crippen LogP contribution in [0.3, 0.4) is 0 Å². The number of carbonyl (C=O) groups is 2. The first-order valence-electron chi connectivity index (χ1n) is 6.96. The van der Waals surface area contributed by atoms with Crippen LogP contribution in [0.5, 0.6) is 5.75 Å². The zero-order valence-corrected chi connectivity index (χ0v) is 13.2. The number of aliphatic carboxylic acids is 1. The third-order valence-corrected chi connectivity index (χ3v) is 3.75. The smallest absolute Gasteiger partial charge is 0.305 e. The molecule has 1 fully saturated rings. The predicted octanol–water partition coefficient (Wildman–Crippen LogP) is 2.68. The first-order valence-corrected chi connectivity index (χ1v) is 7.75. The maximum Gasteiger partial charge on any atom is 0.305 e. The highest BCUT2D eigenvalue weighted by Crippen LogP contribution is 2.27. The van der Waals surface area contributed by atoms with Gasteiger partial charge in [-0.2, -0.15) is 0 Å². The summed E-state index contributed by atoms with van der Waals surface area (Å²) in [6.45, 7) is 0.585. The van der Waals surface area contributed by atoms with E-state index < -0.39 is 5.97 Å². The molecule has 0 bridgehead atoms. The fourth-order valence-electron chi connectivity index (χ4n) is 2.07. The summed E-state index contributed by atoms with van der Waals surface area (Å²) in [5.41, 5.74) is 0. The maximum atomic E-state index is 12.1. The summed E-state index contributed by atoms with van der Waals surface area (Å²) in [6.07, 6.45) is 2.20. The molecule has 0 saturated heterocycles. The van der Waals surface area contributed by atoms with Crippen LogP contribution in [0.4, 0.5) is 0 Å². The molecule has 1 aliphatic rings. The number of carbonyl (C=O) groups excluding carboxylic acids is 1. The van der Waals surface area contributed by atoms with E-state index >= 15 is 0 Å². The fourth-order valence-corrected chi connectivity index (χ4v) is 2.45. The maximum absolute atomic E-state index is 12.1. The third-order valence-electron chi connectivity index (χ3n) is 3.26. The van der Waals surface area contributed by atoms with Crippen LogP contribution in [-0.4, -0.2) is 41.1 Å². The zero-order valence-electron chi connectivity index (χ0n) is 11.6. The van der Waals surface area contributed by atoms with Crippen LogP contribution in [0.15, 0.2) is 28.7 Å². The standard InChI is InChI=1S/C15H18BrNO4/c16-11-2-1-3-13(10-11)21-9-7-14(18)17(12-4-5-12)8-6-15(19)20/h1-3,10,12H,4-9H2,(H,19,20). The summed E-state index contributed by atoms with van der Waals surface area (Å²) >= 11 is 3.36. The molecule has 6 heteroatoms. The van der Waals surface area contributed by atoms with Gasteiger partial charge in [0.05, 0.1) is 19.4 Å². The lowest BCUT2D eigenvalue weighted by atomic mass is 10.3. The number of ether oxygens (including phenoxy) is 1. The van der Waals surface area contributed by atoms with E-state index in [0.29, 0.717) is 12.4 Å². The Labute approximate surface area is 132 Å². The van der Waals surface area contributed by atoms with Gasteiger partial charge in [-0.15, -0.1) is 0 Å². The molecule has 1 aromatic rings. The van der Waals surface area contributed by atoms with Crippen molar-refractivity contribution in [2.24, 2.45) is 0 Å². The molecule has 0 aliphatic heterocycles. The third kappa shape index (κ3) is 5.38. The van der Waals surface area contributed by atoms with Gasteiger partial charge in [0.25, 0.3) is 0 Å². The number of hydrogen-bond acceptors (Lipinski definition) is 3. The van der Waals surface area contributed by atoms with E-state index in [9.17, 15) is 9.59 Å². The monoisotopic (exact) mass is 355 g/mol. The molecule has 1 aliphatic carbocycles. The molecule has 0 heterocycles. The van der Waals surface area contributed by atoms with Crippen LogP contribution >= 0.6 is 15.9 Å². The number of carboxylic acids is 1. The quantitative estimate of drug-likeness (QED) is 0.778. The molecule has 1 aromatic carbocycles. The van der Waals surface area contributed by atoms with Crippen molar-refractivity contribution in [1.29, 1.82) is 0 Å². The van der Waals surface area contributed by atoms with Crippen LogP contribution < -0.4 is 4.74 Å². The van der Waals surface area contributed by atoms with E-state index in [2.05, 4.69) is 15.9 Å². The number of hydrogen-bond donors (Lipinski definition) is 1. The van der Waals surface area contributed by atoms with Gasteiger partial charge >= 0.3 is 5.97 Å². The Morgan fingerprint density at radius 2 is 2.10 bits per heavy atom. The minimum Gasteiger partial charge on any atom is -0.493 e. The SMILES string of the molecule is O=C(O)CCN(C(=O)CCOc1cccc(Br)c1)C1CC1. The molecular weight excluding hydrogens is 338 g/mol. The van der Waals surface area contributed by atoms with Crippen LogP contribution in [0, 0.1) is 0 Å². The molecule has 0 aromatic heterocycles. The molecule has 0 unspecified atom stereocenters. The molecule has 1 amide bonds. The summed E-state index contributed by atoms with van der Waals surface area (Å²) in [7, 11) is 0. The van der Waals surface area contributed by atoms with Crippen LogP contribution in [-0.2, 0) is 9.59 Å². The number of carboxylic acid groups (broad SMARTS) is 1. The van der Waals surface area contributed by atoms with Crippen molar-refractivity contribution in [3.05, 3.63) is 28.7 Å². The summed E-state index contributed by atoms with van der Waals surface area (Å²) < 4.78 is 6.46. The largest absolute Gasteiger partial charge is 0.493 e. The molecule has 0 atom stereocenters. The number of nitrogens with zero attached hydrogens (tertiary/aromatic N) is 1. The molecule has 0 spiro atoms. The second-order valence-electron chi connectivity index (χ2n) is 5.02. The van der Waals surface area contributed by atoms with Crippen molar-refractivity contribution in [2.75, 3.05) is 13.2 Å². The zero-order chi connectivity index (χ0) is 15.2. The van der Waals surface area contributed by atoms with Crippen LogP contribution in [0.25, 0.3) is 0 Å². The van der Waals surface area contributed by atoms with Crippen molar-refractivity contribution in [3.8, 4) is 5.75 Å². The first-order chi connectivity index (χ1) is 10.1. The lowest BCUT2D eigenvalue weighted by Gasteiger charge is -2.21. The number of amides is 1. The Balaban J connectivity index is 1.78. The Kier molecular flexibility index (Phi) is 5.61. The van der Waals surface area contributed by atoms with Crippen molar-refractivity contribution < 1.29 is 19.4 Å². The molecule has 1 saturated carbocycles. The average Bonchev–Trinajstić information content (AvgIpc) is 3.23. The van der Waals surface area contributed by atoms with E-state index in [-0.39, 0.29) is 31.3 Å². The molecule has 5 nitrogen and oxygen atoms in total. The van der Waals surface area contributed by atoms with Crippen molar-refractivity contribution in [2.45, 2.75) is 31.7 Å². The van der Waals surface area contributed by atoms with Crippen molar-refractivity contribution in [3.63, 3.8) is 0 Å². The van der Waals surface area contributed by atoms with Gasteiger partial charge in [0, 0.05) is 17.1 Å². The molecular formula is C15H18BrNO4. The number of halogens is 1. The highest BCUT2D eigenvalue weighted by Gasteiger charge is 2.32.